The van der Waals surface area contributed by atoms with Crippen LogP contribution >= 0.6 is 0 Å². The maximum absolute atomic E-state index is 12.4. The van der Waals surface area contributed by atoms with E-state index in [1.807, 2.05) is 6.92 Å². The van der Waals surface area contributed by atoms with Crippen molar-refractivity contribution in [3.05, 3.63) is 84.2 Å². The van der Waals surface area contributed by atoms with E-state index in [0.29, 0.717) is 22.7 Å². The Kier molecular flexibility index (Phi) is 7.58. The van der Waals surface area contributed by atoms with Crippen molar-refractivity contribution < 1.29 is 46.9 Å². The normalized spacial score (nSPS) is 12.4. The molecule has 0 saturated heterocycles. The standard InChI is InChI=1S/C26H23N5O10S/c1-15-3-7-20(8-4-15)42(36,37)41-26(34,35)25(32,33)40-18-6-5-17(27-11-18)13-38-19-10-22-23(28-12-19)39-24(31-22)21-9-16(2)29-14-30-21/h3-12,14,32-35H,13H2,1-2H3. The monoisotopic (exact) mass is 597 g/mol. The van der Waals surface area contributed by atoms with Gasteiger partial charge in [-0.3, -0.25) is 4.98 Å². The van der Waals surface area contributed by atoms with Gasteiger partial charge in [-0.25, -0.2) is 19.9 Å². The fourth-order valence-corrected chi connectivity index (χ4v) is 4.45. The van der Waals surface area contributed by atoms with Crippen LogP contribution in [0.25, 0.3) is 22.8 Å². The highest BCUT2D eigenvalue weighted by molar-refractivity contribution is 7.86. The Labute approximate surface area is 237 Å². The van der Waals surface area contributed by atoms with Crippen molar-refractivity contribution in [3.63, 3.8) is 0 Å². The van der Waals surface area contributed by atoms with E-state index in [1.165, 1.54) is 36.8 Å². The van der Waals surface area contributed by atoms with Crippen molar-refractivity contribution in [2.24, 2.45) is 0 Å². The van der Waals surface area contributed by atoms with Crippen molar-refractivity contribution in [1.82, 2.24) is 24.9 Å². The lowest BCUT2D eigenvalue weighted by Crippen LogP contribution is -2.60. The van der Waals surface area contributed by atoms with Crippen molar-refractivity contribution >= 4 is 21.3 Å². The molecule has 0 atom stereocenters. The Morgan fingerprint density at radius 1 is 0.857 bits per heavy atom. The van der Waals surface area contributed by atoms with Crippen molar-refractivity contribution in [1.29, 1.82) is 0 Å². The van der Waals surface area contributed by atoms with Crippen molar-refractivity contribution in [3.8, 4) is 23.1 Å². The van der Waals surface area contributed by atoms with Gasteiger partial charge in [0.25, 0.3) is 0 Å². The summed E-state index contributed by atoms with van der Waals surface area (Å²) in [5, 5.41) is 40.3. The highest BCUT2D eigenvalue weighted by Crippen LogP contribution is 2.28. The Morgan fingerprint density at radius 2 is 1.60 bits per heavy atom. The molecule has 0 fully saturated rings. The van der Waals surface area contributed by atoms with E-state index in [0.717, 1.165) is 29.6 Å². The summed E-state index contributed by atoms with van der Waals surface area (Å²) in [6, 6.07) is 11.1. The van der Waals surface area contributed by atoms with Gasteiger partial charge in [0.05, 0.1) is 23.0 Å². The topological polar surface area (TPSA) is 220 Å². The summed E-state index contributed by atoms with van der Waals surface area (Å²) < 4.78 is 45.1. The summed E-state index contributed by atoms with van der Waals surface area (Å²) in [6.07, 6.45) is 3.85. The number of pyridine rings is 2. The van der Waals surface area contributed by atoms with Gasteiger partial charge in [0.15, 0.2) is 0 Å². The Morgan fingerprint density at radius 3 is 2.29 bits per heavy atom. The lowest BCUT2D eigenvalue weighted by atomic mass is 10.2. The minimum absolute atomic E-state index is 0.0471. The molecule has 15 nitrogen and oxygen atoms in total. The maximum atomic E-state index is 12.4. The summed E-state index contributed by atoms with van der Waals surface area (Å²) in [7, 11) is -4.83. The zero-order chi connectivity index (χ0) is 30.1. The van der Waals surface area contributed by atoms with Gasteiger partial charge in [-0.05, 0) is 44.2 Å². The first kappa shape index (κ1) is 28.9. The van der Waals surface area contributed by atoms with Gasteiger partial charge in [-0.2, -0.15) is 12.6 Å². The van der Waals surface area contributed by atoms with Crippen LogP contribution in [0.1, 0.15) is 17.0 Å². The lowest BCUT2D eigenvalue weighted by molar-refractivity contribution is -0.490. The van der Waals surface area contributed by atoms with E-state index < -0.39 is 27.0 Å². The second-order valence-corrected chi connectivity index (χ2v) is 10.5. The first-order valence-electron chi connectivity index (χ1n) is 12.1. The Hall–Kier alpha value is -4.58. The lowest BCUT2D eigenvalue weighted by Gasteiger charge is -2.32. The second-order valence-electron chi connectivity index (χ2n) is 9.00. The third kappa shape index (κ3) is 6.33. The Balaban J connectivity index is 1.21. The highest BCUT2D eigenvalue weighted by Gasteiger charge is 2.56. The fourth-order valence-electron chi connectivity index (χ4n) is 3.47. The quantitative estimate of drug-likeness (QED) is 0.132. The molecule has 0 spiro atoms. The Bertz CT molecular complexity index is 1830. The van der Waals surface area contributed by atoms with Crippen LogP contribution in [0, 0.1) is 13.8 Å². The number of hydrogen-bond acceptors (Lipinski definition) is 15. The zero-order valence-corrected chi connectivity index (χ0v) is 22.8. The van der Waals surface area contributed by atoms with Crippen LogP contribution in [-0.2, 0) is 20.9 Å². The van der Waals surface area contributed by atoms with Gasteiger partial charge >= 0.3 is 22.1 Å². The number of aromatic nitrogens is 5. The fraction of sp³-hybridized carbons (Fsp3) is 0.192. The van der Waals surface area contributed by atoms with Crippen LogP contribution < -0.4 is 9.47 Å². The van der Waals surface area contributed by atoms with E-state index in [2.05, 4.69) is 29.1 Å². The number of oxazole rings is 1. The molecule has 16 heteroatoms. The van der Waals surface area contributed by atoms with E-state index in [1.54, 1.807) is 19.1 Å². The van der Waals surface area contributed by atoms with E-state index in [9.17, 15) is 28.8 Å². The summed E-state index contributed by atoms with van der Waals surface area (Å²) in [6.45, 7) is 3.48. The van der Waals surface area contributed by atoms with Crippen LogP contribution in [-0.4, -0.2) is 65.7 Å². The average molecular weight is 598 g/mol. The number of nitrogens with zero attached hydrogens (tertiary/aromatic N) is 5. The smallest absolute Gasteiger partial charge is 0.410 e. The third-order valence-corrected chi connectivity index (χ3v) is 6.95. The molecule has 0 aliphatic rings. The summed E-state index contributed by atoms with van der Waals surface area (Å²) in [5.41, 5.74) is 3.05. The number of aliphatic hydroxyl groups is 4. The number of aryl methyl sites for hydroxylation is 2. The molecule has 4 N–H and O–H groups in total. The molecule has 218 valence electrons. The molecule has 0 unspecified atom stereocenters. The molecule has 1 aromatic carbocycles. The van der Waals surface area contributed by atoms with Crippen LogP contribution in [0.3, 0.4) is 0 Å². The van der Waals surface area contributed by atoms with Crippen LogP contribution in [0.5, 0.6) is 11.5 Å². The van der Waals surface area contributed by atoms with Gasteiger partial charge < -0.3 is 34.3 Å². The van der Waals surface area contributed by atoms with E-state index in [4.69, 9.17) is 13.9 Å². The SMILES string of the molecule is Cc1ccc(S(=O)(=O)OC(O)(O)C(O)(O)Oc2ccc(COc3cnc4oc(-c5cc(C)ncn5)nc4c3)nc2)cc1. The molecule has 5 rings (SSSR count). The molecule has 4 aromatic heterocycles. The number of ether oxygens (including phenoxy) is 2. The van der Waals surface area contributed by atoms with Crippen LogP contribution in [0.4, 0.5) is 0 Å². The molecule has 42 heavy (non-hydrogen) atoms. The minimum Gasteiger partial charge on any atom is -0.486 e. The largest absolute Gasteiger partial charge is 0.486 e. The predicted molar refractivity (Wildman–Crippen MR) is 141 cm³/mol. The van der Waals surface area contributed by atoms with Gasteiger partial charge in [0.2, 0.25) is 11.6 Å². The van der Waals surface area contributed by atoms with Crippen molar-refractivity contribution in [2.45, 2.75) is 37.3 Å². The molecule has 0 radical (unpaired) electrons. The van der Waals surface area contributed by atoms with Crippen molar-refractivity contribution in [2.75, 3.05) is 0 Å². The second kappa shape index (κ2) is 11.0. The molecule has 0 saturated carbocycles. The third-order valence-electron chi connectivity index (χ3n) is 5.65. The number of benzene rings is 1. The van der Waals surface area contributed by atoms with E-state index >= 15 is 0 Å². The molecule has 4 heterocycles. The summed E-state index contributed by atoms with van der Waals surface area (Å²) in [5.74, 6) is -7.77. The predicted octanol–water partition coefficient (Wildman–Crippen LogP) is 1.33. The van der Waals surface area contributed by atoms with E-state index in [-0.39, 0.29) is 24.0 Å². The molecule has 0 bridgehead atoms. The first-order valence-corrected chi connectivity index (χ1v) is 13.5. The summed E-state index contributed by atoms with van der Waals surface area (Å²) in [4.78, 5) is 20.3. The van der Waals surface area contributed by atoms with Crippen LogP contribution in [0.2, 0.25) is 0 Å². The first-order chi connectivity index (χ1) is 19.8. The molecule has 0 aliphatic heterocycles. The molecule has 0 amide bonds. The van der Waals surface area contributed by atoms with Gasteiger partial charge in [-0.15, -0.1) is 0 Å². The molecule has 0 aliphatic carbocycles. The molecular formula is C26H23N5O10S. The average Bonchev–Trinajstić information content (AvgIpc) is 3.36. The molecule has 5 aromatic rings. The van der Waals surface area contributed by atoms with Crippen LogP contribution in [0.15, 0.2) is 76.6 Å². The minimum atomic E-state index is -4.83. The number of fused-ring (bicyclic) bond motifs is 1. The van der Waals surface area contributed by atoms with Gasteiger partial charge in [0, 0.05) is 11.8 Å². The summed E-state index contributed by atoms with van der Waals surface area (Å²) >= 11 is 0. The van der Waals surface area contributed by atoms with Gasteiger partial charge in [-0.1, -0.05) is 17.7 Å². The molecular weight excluding hydrogens is 574 g/mol. The maximum Gasteiger partial charge on any atom is 0.410 e. The highest BCUT2D eigenvalue weighted by atomic mass is 32.2. The number of hydrogen-bond donors (Lipinski definition) is 4. The van der Waals surface area contributed by atoms with Gasteiger partial charge in [0.1, 0.15) is 35.6 Å². The zero-order valence-electron chi connectivity index (χ0n) is 21.9. The number of rotatable bonds is 10.